The number of para-hydroxylation sites is 1. The molecule has 7 heteroatoms. The lowest BCUT2D eigenvalue weighted by atomic mass is 10.1. The Morgan fingerprint density at radius 2 is 1.83 bits per heavy atom. The number of aromatic nitrogens is 4. The van der Waals surface area contributed by atoms with E-state index in [9.17, 15) is 0 Å². The lowest BCUT2D eigenvalue weighted by Gasteiger charge is -2.33. The number of fused-ring (bicyclic) bond motifs is 1. The first-order chi connectivity index (χ1) is 14.8. The van der Waals surface area contributed by atoms with Gasteiger partial charge in [-0.05, 0) is 35.9 Å². The van der Waals surface area contributed by atoms with Crippen LogP contribution in [0.1, 0.15) is 17.4 Å². The van der Waals surface area contributed by atoms with Crippen molar-refractivity contribution in [2.45, 2.75) is 12.6 Å². The standard InChI is InChI=1S/C23H22N6O/c1-2-6-19-18(5-1)17(9-12-24-19)15-29-13-14-30-21(16-29)20-7-3-8-22(27-20)28-23-25-10-4-11-26-23/h1-12,21H,13-16H2,(H,25,26,27,28). The molecule has 0 saturated carbocycles. The van der Waals surface area contributed by atoms with E-state index >= 15 is 0 Å². The van der Waals surface area contributed by atoms with Gasteiger partial charge >= 0.3 is 0 Å². The molecule has 1 aliphatic rings. The zero-order valence-electron chi connectivity index (χ0n) is 16.5. The third-order valence-electron chi connectivity index (χ3n) is 5.19. The maximum atomic E-state index is 6.05. The second-order valence-corrected chi connectivity index (χ2v) is 7.23. The van der Waals surface area contributed by atoms with E-state index in [-0.39, 0.29) is 6.10 Å². The van der Waals surface area contributed by atoms with Crippen LogP contribution in [-0.4, -0.2) is 44.5 Å². The number of pyridine rings is 2. The molecule has 150 valence electrons. The summed E-state index contributed by atoms with van der Waals surface area (Å²) < 4.78 is 6.05. The van der Waals surface area contributed by atoms with Crippen LogP contribution in [0.15, 0.2) is 73.2 Å². The Bertz CT molecular complexity index is 1130. The predicted molar refractivity (Wildman–Crippen MR) is 115 cm³/mol. The van der Waals surface area contributed by atoms with Crippen molar-refractivity contribution in [1.29, 1.82) is 0 Å². The average Bonchev–Trinajstić information content (AvgIpc) is 2.80. The van der Waals surface area contributed by atoms with Crippen molar-refractivity contribution in [2.75, 3.05) is 25.0 Å². The summed E-state index contributed by atoms with van der Waals surface area (Å²) in [5.41, 5.74) is 3.22. The molecule has 0 aliphatic carbocycles. The smallest absolute Gasteiger partial charge is 0.228 e. The first kappa shape index (κ1) is 18.6. The van der Waals surface area contributed by atoms with Crippen molar-refractivity contribution in [3.63, 3.8) is 0 Å². The van der Waals surface area contributed by atoms with Crippen molar-refractivity contribution in [1.82, 2.24) is 24.8 Å². The molecule has 0 amide bonds. The molecule has 0 bridgehead atoms. The van der Waals surface area contributed by atoms with Crippen molar-refractivity contribution in [3.05, 3.63) is 84.4 Å². The van der Waals surface area contributed by atoms with Crippen LogP contribution in [0.4, 0.5) is 11.8 Å². The Balaban J connectivity index is 1.31. The Hall–Kier alpha value is -3.42. The van der Waals surface area contributed by atoms with E-state index in [0.717, 1.165) is 30.8 Å². The SMILES string of the molecule is c1cnc(Nc2cccc(C3CN(Cc4ccnc5ccccc45)CCO3)n2)nc1. The molecule has 4 aromatic rings. The van der Waals surface area contributed by atoms with Crippen LogP contribution in [0.3, 0.4) is 0 Å². The minimum atomic E-state index is -0.0784. The minimum absolute atomic E-state index is 0.0784. The third-order valence-corrected chi connectivity index (χ3v) is 5.19. The monoisotopic (exact) mass is 398 g/mol. The molecule has 1 N–H and O–H groups in total. The van der Waals surface area contributed by atoms with Gasteiger partial charge in [0.05, 0.1) is 17.8 Å². The van der Waals surface area contributed by atoms with E-state index in [1.54, 1.807) is 18.5 Å². The Morgan fingerprint density at radius 3 is 2.77 bits per heavy atom. The normalized spacial score (nSPS) is 17.1. The lowest BCUT2D eigenvalue weighted by molar-refractivity contribution is -0.0348. The summed E-state index contributed by atoms with van der Waals surface area (Å²) in [4.78, 5) is 20.0. The largest absolute Gasteiger partial charge is 0.369 e. The summed E-state index contributed by atoms with van der Waals surface area (Å²) in [5, 5.41) is 4.35. The first-order valence-electron chi connectivity index (χ1n) is 10.0. The van der Waals surface area contributed by atoms with Gasteiger partial charge in [-0.15, -0.1) is 0 Å². The molecular weight excluding hydrogens is 376 g/mol. The van der Waals surface area contributed by atoms with Gasteiger partial charge in [-0.25, -0.2) is 15.0 Å². The lowest BCUT2D eigenvalue weighted by Crippen LogP contribution is -2.38. The van der Waals surface area contributed by atoms with Gasteiger partial charge in [0.15, 0.2) is 0 Å². The molecule has 0 spiro atoms. The molecule has 4 heterocycles. The number of nitrogens with one attached hydrogen (secondary N) is 1. The quantitative estimate of drug-likeness (QED) is 0.549. The Morgan fingerprint density at radius 1 is 0.933 bits per heavy atom. The topological polar surface area (TPSA) is 76.1 Å². The van der Waals surface area contributed by atoms with Gasteiger partial charge in [-0.2, -0.15) is 0 Å². The highest BCUT2D eigenvalue weighted by atomic mass is 16.5. The molecule has 5 rings (SSSR count). The van der Waals surface area contributed by atoms with Crippen LogP contribution in [0.5, 0.6) is 0 Å². The van der Waals surface area contributed by atoms with E-state index in [1.807, 2.05) is 30.5 Å². The molecule has 30 heavy (non-hydrogen) atoms. The Kier molecular flexibility index (Phi) is 5.28. The van der Waals surface area contributed by atoms with Crippen LogP contribution in [0.2, 0.25) is 0 Å². The number of benzene rings is 1. The van der Waals surface area contributed by atoms with Crippen LogP contribution in [0, 0.1) is 0 Å². The molecule has 1 saturated heterocycles. The van der Waals surface area contributed by atoms with Gasteiger partial charge in [-0.3, -0.25) is 9.88 Å². The molecule has 7 nitrogen and oxygen atoms in total. The fourth-order valence-electron chi connectivity index (χ4n) is 3.74. The maximum Gasteiger partial charge on any atom is 0.228 e. The summed E-state index contributed by atoms with van der Waals surface area (Å²) in [6.45, 7) is 3.21. The van der Waals surface area contributed by atoms with E-state index < -0.39 is 0 Å². The zero-order valence-corrected chi connectivity index (χ0v) is 16.5. The number of rotatable bonds is 5. The number of ether oxygens (including phenoxy) is 1. The zero-order chi connectivity index (χ0) is 20.2. The van der Waals surface area contributed by atoms with E-state index in [0.29, 0.717) is 18.4 Å². The molecular formula is C23H22N6O. The molecule has 1 aliphatic heterocycles. The molecule has 1 unspecified atom stereocenters. The van der Waals surface area contributed by atoms with Crippen LogP contribution < -0.4 is 5.32 Å². The minimum Gasteiger partial charge on any atom is -0.369 e. The number of hydrogen-bond donors (Lipinski definition) is 1. The van der Waals surface area contributed by atoms with Crippen molar-refractivity contribution in [2.24, 2.45) is 0 Å². The molecule has 1 fully saturated rings. The summed E-state index contributed by atoms with van der Waals surface area (Å²) in [7, 11) is 0. The fraction of sp³-hybridized carbons (Fsp3) is 0.217. The molecule has 0 radical (unpaired) electrons. The number of morpholine rings is 1. The van der Waals surface area contributed by atoms with Crippen LogP contribution >= 0.6 is 0 Å². The van der Waals surface area contributed by atoms with Crippen LogP contribution in [-0.2, 0) is 11.3 Å². The van der Waals surface area contributed by atoms with Crippen LogP contribution in [0.25, 0.3) is 10.9 Å². The van der Waals surface area contributed by atoms with E-state index in [2.05, 4.69) is 49.4 Å². The highest BCUT2D eigenvalue weighted by Crippen LogP contribution is 2.25. The van der Waals surface area contributed by atoms with Gasteiger partial charge < -0.3 is 10.1 Å². The van der Waals surface area contributed by atoms with Gasteiger partial charge in [-0.1, -0.05) is 24.3 Å². The number of anilines is 2. The average molecular weight is 398 g/mol. The maximum absolute atomic E-state index is 6.05. The summed E-state index contributed by atoms with van der Waals surface area (Å²) >= 11 is 0. The Labute approximate surface area is 174 Å². The summed E-state index contributed by atoms with van der Waals surface area (Å²) in [6, 6.07) is 18.1. The van der Waals surface area contributed by atoms with Crippen molar-refractivity contribution in [3.8, 4) is 0 Å². The van der Waals surface area contributed by atoms with Gasteiger partial charge in [0.25, 0.3) is 0 Å². The van der Waals surface area contributed by atoms with Crippen molar-refractivity contribution >= 4 is 22.7 Å². The molecule has 1 aromatic carbocycles. The van der Waals surface area contributed by atoms with E-state index in [1.165, 1.54) is 10.9 Å². The molecule has 3 aromatic heterocycles. The number of hydrogen-bond acceptors (Lipinski definition) is 7. The summed E-state index contributed by atoms with van der Waals surface area (Å²) in [6.07, 6.45) is 5.21. The van der Waals surface area contributed by atoms with Gasteiger partial charge in [0, 0.05) is 43.6 Å². The van der Waals surface area contributed by atoms with Crippen molar-refractivity contribution < 1.29 is 4.74 Å². The first-order valence-corrected chi connectivity index (χ1v) is 10.0. The second-order valence-electron chi connectivity index (χ2n) is 7.23. The predicted octanol–water partition coefficient (Wildman–Crippen LogP) is 3.74. The summed E-state index contributed by atoms with van der Waals surface area (Å²) in [5.74, 6) is 1.23. The van der Waals surface area contributed by atoms with Gasteiger partial charge in [0.1, 0.15) is 11.9 Å². The van der Waals surface area contributed by atoms with E-state index in [4.69, 9.17) is 9.72 Å². The molecule has 1 atom stereocenters. The number of nitrogens with zero attached hydrogens (tertiary/aromatic N) is 5. The second kappa shape index (κ2) is 8.52. The highest BCUT2D eigenvalue weighted by molar-refractivity contribution is 5.81. The van der Waals surface area contributed by atoms with Gasteiger partial charge in [0.2, 0.25) is 5.95 Å². The highest BCUT2D eigenvalue weighted by Gasteiger charge is 2.24. The fourth-order valence-corrected chi connectivity index (χ4v) is 3.74. The third kappa shape index (κ3) is 4.12.